The Bertz CT molecular complexity index is 551. The van der Waals surface area contributed by atoms with Gasteiger partial charge in [-0.1, -0.05) is 11.6 Å². The molecule has 1 N–H and O–H groups in total. The van der Waals surface area contributed by atoms with Crippen LogP contribution in [-0.4, -0.2) is 46.2 Å². The van der Waals surface area contributed by atoms with Gasteiger partial charge in [-0.05, 0) is 25.1 Å². The Morgan fingerprint density at radius 2 is 2.20 bits per heavy atom. The maximum atomic E-state index is 12.6. The van der Waals surface area contributed by atoms with Crippen molar-refractivity contribution in [1.29, 1.82) is 0 Å². The zero-order valence-corrected chi connectivity index (χ0v) is 12.6. The summed E-state index contributed by atoms with van der Waals surface area (Å²) in [4.78, 5) is 25.2. The van der Waals surface area contributed by atoms with E-state index in [1.54, 1.807) is 12.1 Å². The minimum atomic E-state index is -1.00. The molecule has 7 heteroatoms. The molecule has 2 rings (SSSR count). The molecule has 1 heterocycles. The van der Waals surface area contributed by atoms with Gasteiger partial charge in [0.25, 0.3) is 5.91 Å². The van der Waals surface area contributed by atoms with E-state index in [4.69, 9.17) is 16.3 Å². The largest absolute Gasteiger partial charge is 0.496 e. The van der Waals surface area contributed by atoms with Crippen LogP contribution in [0.1, 0.15) is 17.3 Å². The van der Waals surface area contributed by atoms with Gasteiger partial charge in [0, 0.05) is 10.8 Å². The van der Waals surface area contributed by atoms with Crippen LogP contribution in [0.5, 0.6) is 5.75 Å². The lowest BCUT2D eigenvalue weighted by Crippen LogP contribution is -2.44. The zero-order chi connectivity index (χ0) is 14.9. The predicted octanol–water partition coefficient (Wildman–Crippen LogP) is 2.34. The molecule has 1 aliphatic rings. The lowest BCUT2D eigenvalue weighted by atomic mass is 10.1. The van der Waals surface area contributed by atoms with Gasteiger partial charge in [-0.15, -0.1) is 11.8 Å². The van der Waals surface area contributed by atoms with Crippen LogP contribution < -0.4 is 4.74 Å². The summed E-state index contributed by atoms with van der Waals surface area (Å²) in [6, 6.07) is 3.89. The van der Waals surface area contributed by atoms with Crippen LogP contribution in [0, 0.1) is 0 Å². The highest BCUT2D eigenvalue weighted by Gasteiger charge is 2.40. The van der Waals surface area contributed by atoms with Crippen molar-refractivity contribution in [3.63, 3.8) is 0 Å². The molecule has 1 aromatic rings. The van der Waals surface area contributed by atoms with Gasteiger partial charge < -0.3 is 14.7 Å². The first-order chi connectivity index (χ1) is 9.45. The Kier molecular flexibility index (Phi) is 4.45. The molecule has 2 atom stereocenters. The van der Waals surface area contributed by atoms with Crippen molar-refractivity contribution >= 4 is 35.2 Å². The summed E-state index contributed by atoms with van der Waals surface area (Å²) < 4.78 is 5.15. The number of halogens is 1. The maximum absolute atomic E-state index is 12.6. The molecule has 0 radical (unpaired) electrons. The van der Waals surface area contributed by atoms with Crippen LogP contribution in [0.25, 0.3) is 0 Å². The minimum absolute atomic E-state index is 0.202. The Hall–Kier alpha value is -1.40. The molecular formula is C13H14ClNO4S. The van der Waals surface area contributed by atoms with E-state index in [0.29, 0.717) is 16.5 Å². The molecule has 5 nitrogen and oxygen atoms in total. The fourth-order valence-corrected chi connectivity index (χ4v) is 3.47. The number of hydrogen-bond acceptors (Lipinski definition) is 4. The van der Waals surface area contributed by atoms with E-state index in [1.807, 2.05) is 6.92 Å². The molecule has 1 saturated heterocycles. The molecule has 0 aliphatic carbocycles. The second-order valence-electron chi connectivity index (χ2n) is 4.34. The number of aliphatic carboxylic acids is 1. The molecule has 1 fully saturated rings. The molecule has 108 valence electrons. The van der Waals surface area contributed by atoms with Gasteiger partial charge in [-0.25, -0.2) is 4.79 Å². The third-order valence-corrected chi connectivity index (χ3v) is 4.59. The standard InChI is InChI=1S/C13H14ClNO4S/c1-7-15(10(6-20-7)13(17)18)12(16)9-5-8(14)3-4-11(9)19-2/h3-5,7,10H,6H2,1-2H3,(H,17,18). The van der Waals surface area contributed by atoms with Gasteiger partial charge in [0.1, 0.15) is 11.8 Å². The summed E-state index contributed by atoms with van der Waals surface area (Å²) in [6.07, 6.45) is 0. The van der Waals surface area contributed by atoms with Crippen molar-refractivity contribution in [2.45, 2.75) is 18.3 Å². The molecule has 2 unspecified atom stereocenters. The lowest BCUT2D eigenvalue weighted by Gasteiger charge is -2.25. The molecule has 1 amide bonds. The number of methoxy groups -OCH3 is 1. The SMILES string of the molecule is COc1ccc(Cl)cc1C(=O)N1C(C)SCC1C(=O)O. The number of carbonyl (C=O) groups is 2. The number of carbonyl (C=O) groups excluding carboxylic acids is 1. The number of rotatable bonds is 3. The lowest BCUT2D eigenvalue weighted by molar-refractivity contribution is -0.141. The number of carboxylic acid groups (broad SMARTS) is 1. The van der Waals surface area contributed by atoms with Gasteiger partial charge in [0.15, 0.2) is 0 Å². The third-order valence-electron chi connectivity index (χ3n) is 3.13. The van der Waals surface area contributed by atoms with Crippen LogP contribution in [0.3, 0.4) is 0 Å². The number of nitrogens with zero attached hydrogens (tertiary/aromatic N) is 1. The van der Waals surface area contributed by atoms with Gasteiger partial charge in [0.2, 0.25) is 0 Å². The first kappa shape index (κ1) is 15.0. The van der Waals surface area contributed by atoms with E-state index in [-0.39, 0.29) is 16.8 Å². The average Bonchev–Trinajstić information content (AvgIpc) is 2.80. The van der Waals surface area contributed by atoms with E-state index < -0.39 is 12.0 Å². The van der Waals surface area contributed by atoms with Gasteiger partial charge in [-0.3, -0.25) is 4.79 Å². The predicted molar refractivity (Wildman–Crippen MR) is 77.5 cm³/mol. The summed E-state index contributed by atoms with van der Waals surface area (Å²) in [5.74, 6) is -0.622. The van der Waals surface area contributed by atoms with Crippen LogP contribution in [0.15, 0.2) is 18.2 Å². The first-order valence-corrected chi connectivity index (χ1v) is 7.39. The zero-order valence-electron chi connectivity index (χ0n) is 11.0. The van der Waals surface area contributed by atoms with Crippen LogP contribution >= 0.6 is 23.4 Å². The van der Waals surface area contributed by atoms with Crippen molar-refractivity contribution in [2.75, 3.05) is 12.9 Å². The van der Waals surface area contributed by atoms with Crippen LogP contribution in [0.2, 0.25) is 5.02 Å². The first-order valence-electron chi connectivity index (χ1n) is 5.96. The summed E-state index contributed by atoms with van der Waals surface area (Å²) in [5.41, 5.74) is 0.278. The smallest absolute Gasteiger partial charge is 0.327 e. The third kappa shape index (κ3) is 2.71. The fraction of sp³-hybridized carbons (Fsp3) is 0.385. The highest BCUT2D eigenvalue weighted by Crippen LogP contribution is 2.33. The molecular weight excluding hydrogens is 302 g/mol. The maximum Gasteiger partial charge on any atom is 0.327 e. The minimum Gasteiger partial charge on any atom is -0.496 e. The fourth-order valence-electron chi connectivity index (χ4n) is 2.13. The number of hydrogen-bond donors (Lipinski definition) is 1. The Morgan fingerprint density at radius 3 is 2.80 bits per heavy atom. The second-order valence-corrected chi connectivity index (χ2v) is 6.13. The van der Waals surface area contributed by atoms with Gasteiger partial charge in [0.05, 0.1) is 18.0 Å². The van der Waals surface area contributed by atoms with E-state index in [9.17, 15) is 14.7 Å². The molecule has 0 bridgehead atoms. The van der Waals surface area contributed by atoms with E-state index in [0.717, 1.165) is 0 Å². The molecule has 0 spiro atoms. The number of amides is 1. The second kappa shape index (κ2) is 5.93. The molecule has 0 aromatic heterocycles. The number of thioether (sulfide) groups is 1. The monoisotopic (exact) mass is 315 g/mol. The quantitative estimate of drug-likeness (QED) is 0.927. The van der Waals surface area contributed by atoms with Crippen molar-refractivity contribution in [1.82, 2.24) is 4.90 Å². The van der Waals surface area contributed by atoms with E-state index >= 15 is 0 Å². The normalized spacial score (nSPS) is 21.9. The summed E-state index contributed by atoms with van der Waals surface area (Å²) >= 11 is 7.34. The number of ether oxygens (including phenoxy) is 1. The summed E-state index contributed by atoms with van der Waals surface area (Å²) in [7, 11) is 1.46. The van der Waals surface area contributed by atoms with Crippen molar-refractivity contribution in [3.05, 3.63) is 28.8 Å². The summed E-state index contributed by atoms with van der Waals surface area (Å²) in [5, 5.41) is 9.42. The van der Waals surface area contributed by atoms with Crippen molar-refractivity contribution in [2.24, 2.45) is 0 Å². The topological polar surface area (TPSA) is 66.8 Å². The molecule has 20 heavy (non-hydrogen) atoms. The summed E-state index contributed by atoms with van der Waals surface area (Å²) in [6.45, 7) is 1.81. The van der Waals surface area contributed by atoms with E-state index in [1.165, 1.54) is 29.8 Å². The van der Waals surface area contributed by atoms with Gasteiger partial charge >= 0.3 is 5.97 Å². The van der Waals surface area contributed by atoms with Gasteiger partial charge in [-0.2, -0.15) is 0 Å². The molecule has 1 aromatic carbocycles. The van der Waals surface area contributed by atoms with E-state index in [2.05, 4.69) is 0 Å². The number of benzene rings is 1. The van der Waals surface area contributed by atoms with Crippen LogP contribution in [0.4, 0.5) is 0 Å². The highest BCUT2D eigenvalue weighted by molar-refractivity contribution is 8.00. The molecule has 0 saturated carbocycles. The Labute approximate surface area is 125 Å². The van der Waals surface area contributed by atoms with Crippen molar-refractivity contribution in [3.8, 4) is 5.75 Å². The highest BCUT2D eigenvalue weighted by atomic mass is 35.5. The van der Waals surface area contributed by atoms with Crippen molar-refractivity contribution < 1.29 is 19.4 Å². The number of carboxylic acids is 1. The Balaban J connectivity index is 2.39. The average molecular weight is 316 g/mol. The molecule has 1 aliphatic heterocycles. The Morgan fingerprint density at radius 1 is 1.50 bits per heavy atom. The van der Waals surface area contributed by atoms with Crippen LogP contribution in [-0.2, 0) is 4.79 Å².